The maximum Gasteiger partial charge on any atom is 0.338 e. The minimum Gasteiger partial charge on any atom is -0.452 e. The Bertz CT molecular complexity index is 658. The van der Waals surface area contributed by atoms with Gasteiger partial charge >= 0.3 is 5.97 Å². The molecule has 0 saturated heterocycles. The number of hydrogen-bond donors (Lipinski definition) is 2. The van der Waals surface area contributed by atoms with E-state index in [0.717, 1.165) is 19.1 Å². The summed E-state index contributed by atoms with van der Waals surface area (Å²) in [6, 6.07) is 5.88. The fraction of sp³-hybridized carbons (Fsp3) is 0.467. The lowest BCUT2D eigenvalue weighted by atomic mass is 10.2. The van der Waals surface area contributed by atoms with Crippen LogP contribution in [-0.4, -0.2) is 39.2 Å². The van der Waals surface area contributed by atoms with Crippen molar-refractivity contribution in [2.75, 3.05) is 17.6 Å². The number of carbonyl (C=O) groups excluding carboxylic acids is 2. The van der Waals surface area contributed by atoms with E-state index in [1.54, 1.807) is 0 Å². The Morgan fingerprint density at radius 3 is 2.61 bits per heavy atom. The topological polar surface area (TPSA) is 102 Å². The third-order valence-electron chi connectivity index (χ3n) is 2.86. The van der Waals surface area contributed by atoms with Crippen molar-refractivity contribution in [1.29, 1.82) is 0 Å². The highest BCUT2D eigenvalue weighted by Gasteiger charge is 2.13. The molecule has 0 fully saturated rings. The van der Waals surface area contributed by atoms with E-state index in [0.29, 0.717) is 0 Å². The molecular formula is C15H22N2O5S. The van der Waals surface area contributed by atoms with Gasteiger partial charge < -0.3 is 10.1 Å². The van der Waals surface area contributed by atoms with Crippen LogP contribution in [0.3, 0.4) is 0 Å². The van der Waals surface area contributed by atoms with E-state index in [-0.39, 0.29) is 29.8 Å². The highest BCUT2D eigenvalue weighted by atomic mass is 32.2. The van der Waals surface area contributed by atoms with Crippen LogP contribution in [0.2, 0.25) is 0 Å². The smallest absolute Gasteiger partial charge is 0.338 e. The second-order valence-corrected chi connectivity index (χ2v) is 7.04. The zero-order valence-electron chi connectivity index (χ0n) is 13.5. The van der Waals surface area contributed by atoms with Crippen molar-refractivity contribution in [3.63, 3.8) is 0 Å². The Morgan fingerprint density at radius 1 is 1.30 bits per heavy atom. The van der Waals surface area contributed by atoms with E-state index in [4.69, 9.17) is 4.74 Å². The molecule has 1 aromatic carbocycles. The molecule has 0 heterocycles. The molecule has 0 aliphatic carbocycles. The maximum atomic E-state index is 11.9. The quantitative estimate of drug-likeness (QED) is 0.698. The Balaban J connectivity index is 2.58. The molecular weight excluding hydrogens is 320 g/mol. The van der Waals surface area contributed by atoms with Crippen molar-refractivity contribution < 1.29 is 22.7 Å². The summed E-state index contributed by atoms with van der Waals surface area (Å²) >= 11 is 0. The normalized spacial score (nSPS) is 12.3. The molecule has 1 rings (SSSR count). The first kappa shape index (κ1) is 19.0. The van der Waals surface area contributed by atoms with Gasteiger partial charge in [0.15, 0.2) is 6.61 Å². The minimum atomic E-state index is -3.43. The molecule has 1 aromatic rings. The second kappa shape index (κ2) is 8.52. The van der Waals surface area contributed by atoms with Crippen LogP contribution in [0.1, 0.15) is 37.0 Å². The zero-order valence-corrected chi connectivity index (χ0v) is 14.3. The lowest BCUT2D eigenvalue weighted by molar-refractivity contribution is -0.124. The lowest BCUT2D eigenvalue weighted by Crippen LogP contribution is -2.35. The van der Waals surface area contributed by atoms with Crippen LogP contribution in [0.25, 0.3) is 0 Å². The van der Waals surface area contributed by atoms with Gasteiger partial charge in [-0.1, -0.05) is 19.4 Å². The van der Waals surface area contributed by atoms with E-state index in [1.807, 2.05) is 13.8 Å². The number of benzene rings is 1. The van der Waals surface area contributed by atoms with Gasteiger partial charge in [0.25, 0.3) is 5.91 Å². The number of hydrogen-bond acceptors (Lipinski definition) is 5. The molecule has 2 N–H and O–H groups in total. The third-order valence-corrected chi connectivity index (χ3v) is 3.47. The van der Waals surface area contributed by atoms with Gasteiger partial charge in [0.1, 0.15) is 0 Å². The standard InChI is InChI=1S/C15H22N2O5S/c1-4-6-11(2)16-14(18)10-22-15(19)12-7-5-8-13(9-12)17-23(3,20)21/h5,7-9,11,17H,4,6,10H2,1-3H3,(H,16,18)/t11-/m1/s1. The van der Waals surface area contributed by atoms with Crippen LogP contribution in [0.5, 0.6) is 0 Å². The number of anilines is 1. The molecule has 0 bridgehead atoms. The van der Waals surface area contributed by atoms with Crippen LogP contribution in [0, 0.1) is 0 Å². The lowest BCUT2D eigenvalue weighted by Gasteiger charge is -2.13. The van der Waals surface area contributed by atoms with E-state index in [9.17, 15) is 18.0 Å². The Hall–Kier alpha value is -2.09. The summed E-state index contributed by atoms with van der Waals surface area (Å²) < 4.78 is 29.5. The molecule has 128 valence electrons. The second-order valence-electron chi connectivity index (χ2n) is 5.29. The number of rotatable bonds is 8. The van der Waals surface area contributed by atoms with Gasteiger partial charge in [-0.3, -0.25) is 9.52 Å². The number of carbonyl (C=O) groups is 2. The molecule has 0 spiro atoms. The molecule has 1 atom stereocenters. The van der Waals surface area contributed by atoms with Gasteiger partial charge in [0, 0.05) is 11.7 Å². The summed E-state index contributed by atoms with van der Waals surface area (Å²) in [4.78, 5) is 23.5. The van der Waals surface area contributed by atoms with Gasteiger partial charge in [-0.25, -0.2) is 13.2 Å². The molecule has 1 amide bonds. The van der Waals surface area contributed by atoms with Gasteiger partial charge in [0.05, 0.1) is 11.8 Å². The molecule has 23 heavy (non-hydrogen) atoms. The summed E-state index contributed by atoms with van der Waals surface area (Å²) in [6.45, 7) is 3.51. The Kier molecular flexibility index (Phi) is 7.02. The van der Waals surface area contributed by atoms with Crippen LogP contribution in [-0.2, 0) is 19.6 Å². The van der Waals surface area contributed by atoms with Crippen LogP contribution in [0.4, 0.5) is 5.69 Å². The predicted molar refractivity (Wildman–Crippen MR) is 87.7 cm³/mol. The molecule has 8 heteroatoms. The minimum absolute atomic E-state index is 0.0218. The summed E-state index contributed by atoms with van der Waals surface area (Å²) in [5, 5.41) is 2.72. The zero-order chi connectivity index (χ0) is 17.5. The fourth-order valence-corrected chi connectivity index (χ4v) is 2.51. The first-order valence-electron chi connectivity index (χ1n) is 7.25. The number of sulfonamides is 1. The largest absolute Gasteiger partial charge is 0.452 e. The Morgan fingerprint density at radius 2 is 2.00 bits per heavy atom. The average Bonchev–Trinajstić information content (AvgIpc) is 2.43. The first-order valence-corrected chi connectivity index (χ1v) is 9.14. The van der Waals surface area contributed by atoms with Crippen LogP contribution >= 0.6 is 0 Å². The Labute approximate surface area is 136 Å². The summed E-state index contributed by atoms with van der Waals surface area (Å²) in [5.74, 6) is -1.06. The van der Waals surface area contributed by atoms with Crippen molar-refractivity contribution in [2.24, 2.45) is 0 Å². The van der Waals surface area contributed by atoms with Crippen LogP contribution in [0.15, 0.2) is 24.3 Å². The van der Waals surface area contributed by atoms with Crippen molar-refractivity contribution in [1.82, 2.24) is 5.32 Å². The molecule has 0 aromatic heterocycles. The highest BCUT2D eigenvalue weighted by Crippen LogP contribution is 2.12. The number of amides is 1. The highest BCUT2D eigenvalue weighted by molar-refractivity contribution is 7.92. The molecule has 0 saturated carbocycles. The fourth-order valence-electron chi connectivity index (χ4n) is 1.96. The first-order chi connectivity index (χ1) is 10.7. The van der Waals surface area contributed by atoms with Crippen molar-refractivity contribution in [2.45, 2.75) is 32.7 Å². The molecule has 0 radical (unpaired) electrons. The summed E-state index contributed by atoms with van der Waals surface area (Å²) in [7, 11) is -3.43. The molecule has 7 nitrogen and oxygen atoms in total. The predicted octanol–water partition coefficient (Wildman–Crippen LogP) is 1.52. The maximum absolute atomic E-state index is 11.9. The number of esters is 1. The van der Waals surface area contributed by atoms with E-state index < -0.39 is 16.0 Å². The number of nitrogens with one attached hydrogen (secondary N) is 2. The van der Waals surface area contributed by atoms with Crippen molar-refractivity contribution >= 4 is 27.6 Å². The van der Waals surface area contributed by atoms with Crippen molar-refractivity contribution in [3.05, 3.63) is 29.8 Å². The summed E-state index contributed by atoms with van der Waals surface area (Å²) in [6.07, 6.45) is 2.81. The summed E-state index contributed by atoms with van der Waals surface area (Å²) in [5.41, 5.74) is 0.413. The molecule has 0 aliphatic heterocycles. The molecule has 0 aliphatic rings. The van der Waals surface area contributed by atoms with E-state index in [1.165, 1.54) is 24.3 Å². The van der Waals surface area contributed by atoms with Gasteiger partial charge in [-0.05, 0) is 31.5 Å². The third kappa shape index (κ3) is 7.64. The van der Waals surface area contributed by atoms with Crippen molar-refractivity contribution in [3.8, 4) is 0 Å². The SMILES string of the molecule is CCC[C@@H](C)NC(=O)COC(=O)c1cccc(NS(C)(=O)=O)c1. The monoisotopic (exact) mass is 342 g/mol. The van der Waals surface area contributed by atoms with Gasteiger partial charge in [-0.2, -0.15) is 0 Å². The average molecular weight is 342 g/mol. The van der Waals surface area contributed by atoms with Gasteiger partial charge in [0.2, 0.25) is 10.0 Å². The van der Waals surface area contributed by atoms with Gasteiger partial charge in [-0.15, -0.1) is 0 Å². The van der Waals surface area contributed by atoms with Crippen LogP contribution < -0.4 is 10.0 Å². The van der Waals surface area contributed by atoms with E-state index in [2.05, 4.69) is 10.0 Å². The molecule has 0 unspecified atom stereocenters. The van der Waals surface area contributed by atoms with E-state index >= 15 is 0 Å². The number of ether oxygens (including phenoxy) is 1.